The van der Waals surface area contributed by atoms with Crippen LogP contribution in [0.3, 0.4) is 0 Å². The smallest absolute Gasteiger partial charge is 0.317 e. The second-order valence-electron chi connectivity index (χ2n) is 5.74. The van der Waals surface area contributed by atoms with Crippen LogP contribution in [0, 0.1) is 12.7 Å². The third-order valence-electron chi connectivity index (χ3n) is 4.07. The predicted octanol–water partition coefficient (Wildman–Crippen LogP) is 2.07. The number of urea groups is 1. The Labute approximate surface area is 129 Å². The molecule has 1 aliphatic heterocycles. The fraction of sp³-hybridized carbons (Fsp3) is 0.500. The van der Waals surface area contributed by atoms with Gasteiger partial charge < -0.3 is 16.0 Å². The molecule has 1 fully saturated rings. The lowest BCUT2D eigenvalue weighted by Gasteiger charge is -2.35. The maximum atomic E-state index is 13.3. The molecule has 1 aromatic carbocycles. The molecule has 1 heterocycles. The first-order valence-corrected chi connectivity index (χ1v) is 7.55. The van der Waals surface area contributed by atoms with E-state index < -0.39 is 5.91 Å². The van der Waals surface area contributed by atoms with E-state index in [1.54, 1.807) is 11.0 Å². The van der Waals surface area contributed by atoms with Gasteiger partial charge in [0.15, 0.2) is 0 Å². The molecule has 1 aliphatic rings. The summed E-state index contributed by atoms with van der Waals surface area (Å²) in [4.78, 5) is 25.1. The molecule has 120 valence electrons. The zero-order valence-electron chi connectivity index (χ0n) is 12.8. The van der Waals surface area contributed by atoms with Gasteiger partial charge in [0.25, 0.3) is 0 Å². The number of benzene rings is 1. The van der Waals surface area contributed by atoms with Crippen molar-refractivity contribution in [3.05, 3.63) is 35.1 Å². The highest BCUT2D eigenvalue weighted by molar-refractivity contribution is 5.78. The van der Waals surface area contributed by atoms with Crippen LogP contribution in [-0.2, 0) is 11.3 Å². The lowest BCUT2D eigenvalue weighted by molar-refractivity contribution is -0.119. The lowest BCUT2D eigenvalue weighted by atomic mass is 9.99. The van der Waals surface area contributed by atoms with Crippen molar-refractivity contribution in [2.45, 2.75) is 45.2 Å². The SMILES string of the molecule is Cc1ccc(F)cc1CNC(=O)N1CCCC[C@H]1CC(N)=O. The summed E-state index contributed by atoms with van der Waals surface area (Å²) >= 11 is 0. The highest BCUT2D eigenvalue weighted by atomic mass is 19.1. The van der Waals surface area contributed by atoms with Crippen molar-refractivity contribution in [1.29, 1.82) is 0 Å². The zero-order chi connectivity index (χ0) is 16.1. The van der Waals surface area contributed by atoms with Crippen molar-refractivity contribution in [2.75, 3.05) is 6.54 Å². The van der Waals surface area contributed by atoms with Crippen molar-refractivity contribution < 1.29 is 14.0 Å². The first kappa shape index (κ1) is 16.3. The van der Waals surface area contributed by atoms with E-state index in [1.807, 2.05) is 6.92 Å². The normalized spacial score (nSPS) is 18.1. The third-order valence-corrected chi connectivity index (χ3v) is 4.07. The molecule has 3 amide bonds. The van der Waals surface area contributed by atoms with Crippen LogP contribution < -0.4 is 11.1 Å². The number of primary amides is 1. The number of amides is 3. The summed E-state index contributed by atoms with van der Waals surface area (Å²) < 4.78 is 13.3. The van der Waals surface area contributed by atoms with Crippen LogP contribution >= 0.6 is 0 Å². The molecule has 0 aromatic heterocycles. The van der Waals surface area contributed by atoms with Crippen molar-refractivity contribution in [2.24, 2.45) is 5.73 Å². The second kappa shape index (κ2) is 7.24. The molecular weight excluding hydrogens is 285 g/mol. The molecule has 0 bridgehead atoms. The molecule has 2 rings (SSSR count). The first-order valence-electron chi connectivity index (χ1n) is 7.55. The summed E-state index contributed by atoms with van der Waals surface area (Å²) in [6, 6.07) is 4.14. The molecule has 5 nitrogen and oxygen atoms in total. The number of nitrogens with two attached hydrogens (primary N) is 1. The number of hydrogen-bond acceptors (Lipinski definition) is 2. The minimum atomic E-state index is -0.398. The van der Waals surface area contributed by atoms with E-state index in [0.29, 0.717) is 6.54 Å². The number of piperidine rings is 1. The van der Waals surface area contributed by atoms with E-state index >= 15 is 0 Å². The Balaban J connectivity index is 1.97. The van der Waals surface area contributed by atoms with Gasteiger partial charge in [-0.15, -0.1) is 0 Å². The van der Waals surface area contributed by atoms with Gasteiger partial charge in [-0.05, 0) is 49.4 Å². The zero-order valence-corrected chi connectivity index (χ0v) is 12.8. The summed E-state index contributed by atoms with van der Waals surface area (Å²) in [6.45, 7) is 2.76. The topological polar surface area (TPSA) is 75.4 Å². The predicted molar refractivity (Wildman–Crippen MR) is 81.5 cm³/mol. The molecule has 0 unspecified atom stereocenters. The standard InChI is InChI=1S/C16H22FN3O2/c1-11-5-6-13(17)8-12(11)10-19-16(22)20-7-3-2-4-14(20)9-15(18)21/h5-6,8,14H,2-4,7,9-10H2,1H3,(H2,18,21)(H,19,22)/t14-/m0/s1. The number of halogens is 1. The Morgan fingerprint density at radius 3 is 2.91 bits per heavy atom. The largest absolute Gasteiger partial charge is 0.370 e. The molecule has 1 saturated heterocycles. The monoisotopic (exact) mass is 307 g/mol. The van der Waals surface area contributed by atoms with Gasteiger partial charge in [-0.1, -0.05) is 6.07 Å². The molecule has 6 heteroatoms. The number of hydrogen-bond donors (Lipinski definition) is 2. The average molecular weight is 307 g/mol. The number of carbonyl (C=O) groups excluding carboxylic acids is 2. The van der Waals surface area contributed by atoms with Crippen LogP contribution in [0.25, 0.3) is 0 Å². The molecule has 1 aromatic rings. The number of nitrogens with one attached hydrogen (secondary N) is 1. The molecule has 0 spiro atoms. The van der Waals surface area contributed by atoms with E-state index in [0.717, 1.165) is 30.4 Å². The van der Waals surface area contributed by atoms with Crippen molar-refractivity contribution in [3.8, 4) is 0 Å². The van der Waals surface area contributed by atoms with Gasteiger partial charge in [0.05, 0.1) is 0 Å². The van der Waals surface area contributed by atoms with Gasteiger partial charge in [0, 0.05) is 25.6 Å². The van der Waals surface area contributed by atoms with Crippen molar-refractivity contribution in [1.82, 2.24) is 10.2 Å². The maximum absolute atomic E-state index is 13.3. The maximum Gasteiger partial charge on any atom is 0.317 e. The Hall–Kier alpha value is -2.11. The van der Waals surface area contributed by atoms with Gasteiger partial charge in [-0.3, -0.25) is 4.79 Å². The number of carbonyl (C=O) groups is 2. The van der Waals surface area contributed by atoms with Gasteiger partial charge in [-0.25, -0.2) is 9.18 Å². The van der Waals surface area contributed by atoms with Crippen LogP contribution in [0.5, 0.6) is 0 Å². The summed E-state index contributed by atoms with van der Waals surface area (Å²) in [6.07, 6.45) is 2.88. The van der Waals surface area contributed by atoms with E-state index in [1.165, 1.54) is 12.1 Å². The van der Waals surface area contributed by atoms with Gasteiger partial charge in [0.2, 0.25) is 5.91 Å². The second-order valence-corrected chi connectivity index (χ2v) is 5.74. The quantitative estimate of drug-likeness (QED) is 0.893. The van der Waals surface area contributed by atoms with Crippen LogP contribution in [-0.4, -0.2) is 29.4 Å². The van der Waals surface area contributed by atoms with E-state index in [2.05, 4.69) is 5.32 Å². The minimum Gasteiger partial charge on any atom is -0.370 e. The molecule has 0 aliphatic carbocycles. The Bertz CT molecular complexity index is 562. The third kappa shape index (κ3) is 4.19. The van der Waals surface area contributed by atoms with E-state index in [9.17, 15) is 14.0 Å². The molecular formula is C16H22FN3O2. The van der Waals surface area contributed by atoms with Crippen LogP contribution in [0.4, 0.5) is 9.18 Å². The molecule has 22 heavy (non-hydrogen) atoms. The highest BCUT2D eigenvalue weighted by Crippen LogP contribution is 2.20. The van der Waals surface area contributed by atoms with Gasteiger partial charge in [-0.2, -0.15) is 0 Å². The summed E-state index contributed by atoms with van der Waals surface area (Å²) in [5, 5.41) is 2.81. The van der Waals surface area contributed by atoms with Crippen molar-refractivity contribution >= 4 is 11.9 Å². The summed E-state index contributed by atoms with van der Waals surface area (Å²) in [7, 11) is 0. The van der Waals surface area contributed by atoms with Gasteiger partial charge >= 0.3 is 6.03 Å². The number of aryl methyl sites for hydroxylation is 1. The average Bonchev–Trinajstić information content (AvgIpc) is 2.48. The number of likely N-dealkylation sites (tertiary alicyclic amines) is 1. The highest BCUT2D eigenvalue weighted by Gasteiger charge is 2.27. The minimum absolute atomic E-state index is 0.139. The Kier molecular flexibility index (Phi) is 5.35. The van der Waals surface area contributed by atoms with Gasteiger partial charge in [0.1, 0.15) is 5.82 Å². The molecule has 0 saturated carbocycles. The summed E-state index contributed by atoms with van der Waals surface area (Å²) in [5.74, 6) is -0.717. The fourth-order valence-electron chi connectivity index (χ4n) is 2.82. The summed E-state index contributed by atoms with van der Waals surface area (Å²) in [5.41, 5.74) is 6.92. The number of nitrogens with zero attached hydrogens (tertiary/aromatic N) is 1. The first-order chi connectivity index (χ1) is 10.5. The molecule has 3 N–H and O–H groups in total. The molecule has 1 atom stereocenters. The Morgan fingerprint density at radius 1 is 1.41 bits per heavy atom. The van der Waals surface area contributed by atoms with E-state index in [-0.39, 0.29) is 30.9 Å². The van der Waals surface area contributed by atoms with Crippen LogP contribution in [0.2, 0.25) is 0 Å². The van der Waals surface area contributed by atoms with Crippen LogP contribution in [0.15, 0.2) is 18.2 Å². The van der Waals surface area contributed by atoms with E-state index in [4.69, 9.17) is 5.73 Å². The number of rotatable bonds is 4. The van der Waals surface area contributed by atoms with Crippen LogP contribution in [0.1, 0.15) is 36.8 Å². The van der Waals surface area contributed by atoms with Crippen molar-refractivity contribution in [3.63, 3.8) is 0 Å². The lowest BCUT2D eigenvalue weighted by Crippen LogP contribution is -2.49. The molecule has 0 radical (unpaired) electrons. The fourth-order valence-corrected chi connectivity index (χ4v) is 2.82. The Morgan fingerprint density at radius 2 is 2.18 bits per heavy atom.